The van der Waals surface area contributed by atoms with Gasteiger partial charge in [-0.1, -0.05) is 45.0 Å². The van der Waals surface area contributed by atoms with E-state index in [0.717, 1.165) is 18.5 Å². The van der Waals surface area contributed by atoms with Crippen molar-refractivity contribution in [2.45, 2.75) is 39.3 Å². The Balaban J connectivity index is 0.00000242. The van der Waals surface area contributed by atoms with Crippen molar-refractivity contribution in [3.63, 3.8) is 0 Å². The van der Waals surface area contributed by atoms with Gasteiger partial charge >= 0.3 is 0 Å². The fourth-order valence-electron chi connectivity index (χ4n) is 2.58. The second kappa shape index (κ2) is 9.13. The first kappa shape index (κ1) is 18.9. The summed E-state index contributed by atoms with van der Waals surface area (Å²) in [5.41, 5.74) is 2.46. The molecule has 0 aromatic heterocycles. The lowest BCUT2D eigenvalue weighted by Crippen LogP contribution is -2.49. The SMILES string of the molecule is CCc1ccc(C(NC(=O)C2CNCCO2)C(C)C)cc1.Cl. The molecule has 1 aliphatic heterocycles. The largest absolute Gasteiger partial charge is 0.366 e. The monoisotopic (exact) mass is 326 g/mol. The van der Waals surface area contributed by atoms with Crippen molar-refractivity contribution in [1.29, 1.82) is 0 Å². The van der Waals surface area contributed by atoms with Crippen molar-refractivity contribution in [1.82, 2.24) is 10.6 Å². The molecule has 124 valence electrons. The van der Waals surface area contributed by atoms with Crippen molar-refractivity contribution >= 4 is 18.3 Å². The van der Waals surface area contributed by atoms with Crippen LogP contribution in [0.25, 0.3) is 0 Å². The van der Waals surface area contributed by atoms with Crippen LogP contribution in [0.1, 0.15) is 37.9 Å². The zero-order valence-electron chi connectivity index (χ0n) is 13.6. The minimum absolute atomic E-state index is 0. The Hall–Kier alpha value is -1.10. The third-order valence-electron chi connectivity index (χ3n) is 3.93. The van der Waals surface area contributed by atoms with Crippen molar-refractivity contribution in [2.75, 3.05) is 19.7 Å². The van der Waals surface area contributed by atoms with Gasteiger partial charge in [0.25, 0.3) is 5.91 Å². The molecule has 1 aromatic carbocycles. The Labute approximate surface area is 139 Å². The maximum absolute atomic E-state index is 12.3. The highest BCUT2D eigenvalue weighted by Crippen LogP contribution is 2.22. The third kappa shape index (κ3) is 4.97. The summed E-state index contributed by atoms with van der Waals surface area (Å²) in [5.74, 6) is 0.304. The Kier molecular flexibility index (Phi) is 7.87. The van der Waals surface area contributed by atoms with E-state index >= 15 is 0 Å². The van der Waals surface area contributed by atoms with Gasteiger partial charge in [0.2, 0.25) is 0 Å². The van der Waals surface area contributed by atoms with Crippen LogP contribution in [-0.4, -0.2) is 31.7 Å². The summed E-state index contributed by atoms with van der Waals surface area (Å²) in [7, 11) is 0. The maximum atomic E-state index is 12.3. The van der Waals surface area contributed by atoms with Crippen LogP contribution in [0.3, 0.4) is 0 Å². The summed E-state index contributed by atoms with van der Waals surface area (Å²) in [6, 6.07) is 8.52. The number of benzene rings is 1. The molecule has 4 nitrogen and oxygen atoms in total. The third-order valence-corrected chi connectivity index (χ3v) is 3.93. The molecule has 2 rings (SSSR count). The molecule has 2 atom stereocenters. The molecule has 22 heavy (non-hydrogen) atoms. The molecule has 1 fully saturated rings. The van der Waals surface area contributed by atoms with Gasteiger partial charge in [0.05, 0.1) is 12.6 Å². The van der Waals surface area contributed by atoms with E-state index in [-0.39, 0.29) is 30.5 Å². The van der Waals surface area contributed by atoms with E-state index in [2.05, 4.69) is 55.7 Å². The number of hydrogen-bond acceptors (Lipinski definition) is 3. The number of carbonyl (C=O) groups excluding carboxylic acids is 1. The number of halogens is 1. The topological polar surface area (TPSA) is 50.4 Å². The number of aryl methyl sites for hydroxylation is 1. The number of nitrogens with one attached hydrogen (secondary N) is 2. The molecule has 0 spiro atoms. The van der Waals surface area contributed by atoms with Crippen LogP contribution in [0.15, 0.2) is 24.3 Å². The van der Waals surface area contributed by atoms with Crippen LogP contribution in [0.5, 0.6) is 0 Å². The van der Waals surface area contributed by atoms with Gasteiger partial charge in [-0.15, -0.1) is 12.4 Å². The molecule has 2 N–H and O–H groups in total. The molecule has 1 amide bonds. The number of amides is 1. The standard InChI is InChI=1S/C17H26N2O2.ClH/c1-4-13-5-7-14(8-6-13)16(12(2)3)19-17(20)15-11-18-9-10-21-15;/h5-8,12,15-16,18H,4,9-11H2,1-3H3,(H,19,20);1H. The number of carbonyl (C=O) groups is 1. The number of morpholine rings is 1. The normalized spacial score (nSPS) is 19.4. The molecule has 0 bridgehead atoms. The van der Waals surface area contributed by atoms with E-state index < -0.39 is 0 Å². The van der Waals surface area contributed by atoms with Gasteiger partial charge < -0.3 is 15.4 Å². The van der Waals surface area contributed by atoms with E-state index in [4.69, 9.17) is 4.74 Å². The summed E-state index contributed by atoms with van der Waals surface area (Å²) in [6.07, 6.45) is 0.649. The Morgan fingerprint density at radius 2 is 2.05 bits per heavy atom. The molecule has 1 heterocycles. The van der Waals surface area contributed by atoms with E-state index in [1.807, 2.05) is 0 Å². The van der Waals surface area contributed by atoms with Gasteiger partial charge in [0.15, 0.2) is 0 Å². The first-order valence-corrected chi connectivity index (χ1v) is 7.83. The average molecular weight is 327 g/mol. The zero-order chi connectivity index (χ0) is 15.2. The second-order valence-electron chi connectivity index (χ2n) is 5.89. The molecular weight excluding hydrogens is 300 g/mol. The van der Waals surface area contributed by atoms with Gasteiger partial charge in [-0.3, -0.25) is 4.79 Å². The van der Waals surface area contributed by atoms with Crippen LogP contribution in [-0.2, 0) is 16.0 Å². The predicted octanol–water partition coefficient (Wildman–Crippen LogP) is 2.47. The van der Waals surface area contributed by atoms with Crippen molar-refractivity contribution in [3.05, 3.63) is 35.4 Å². The number of rotatable bonds is 5. The predicted molar refractivity (Wildman–Crippen MR) is 91.4 cm³/mol. The van der Waals surface area contributed by atoms with Crippen LogP contribution in [0.2, 0.25) is 0 Å². The quantitative estimate of drug-likeness (QED) is 0.874. The van der Waals surface area contributed by atoms with Gasteiger partial charge in [-0.05, 0) is 23.5 Å². The second-order valence-corrected chi connectivity index (χ2v) is 5.89. The molecule has 0 radical (unpaired) electrons. The zero-order valence-corrected chi connectivity index (χ0v) is 14.4. The summed E-state index contributed by atoms with van der Waals surface area (Å²) in [4.78, 5) is 12.3. The maximum Gasteiger partial charge on any atom is 0.250 e. The highest BCUT2D eigenvalue weighted by atomic mass is 35.5. The molecule has 0 saturated carbocycles. The van der Waals surface area contributed by atoms with Crippen LogP contribution in [0, 0.1) is 5.92 Å². The van der Waals surface area contributed by atoms with Crippen molar-refractivity contribution < 1.29 is 9.53 Å². The van der Waals surface area contributed by atoms with Gasteiger partial charge in [-0.25, -0.2) is 0 Å². The van der Waals surface area contributed by atoms with E-state index in [1.54, 1.807) is 0 Å². The minimum atomic E-state index is -0.380. The lowest BCUT2D eigenvalue weighted by molar-refractivity contribution is -0.135. The number of ether oxygens (including phenoxy) is 1. The summed E-state index contributed by atoms with van der Waals surface area (Å²) < 4.78 is 5.52. The smallest absolute Gasteiger partial charge is 0.250 e. The minimum Gasteiger partial charge on any atom is -0.366 e. The number of hydrogen-bond donors (Lipinski definition) is 2. The van der Waals surface area contributed by atoms with Crippen LogP contribution < -0.4 is 10.6 Å². The summed E-state index contributed by atoms with van der Waals surface area (Å²) in [6.45, 7) is 8.39. The Bertz CT molecular complexity index is 456. The van der Waals surface area contributed by atoms with Gasteiger partial charge in [0, 0.05) is 13.1 Å². The summed E-state index contributed by atoms with van der Waals surface area (Å²) >= 11 is 0. The average Bonchev–Trinajstić information content (AvgIpc) is 2.53. The van der Waals surface area contributed by atoms with Crippen LogP contribution >= 0.6 is 12.4 Å². The first-order valence-electron chi connectivity index (χ1n) is 7.83. The fourth-order valence-corrected chi connectivity index (χ4v) is 2.58. The van der Waals surface area contributed by atoms with Gasteiger partial charge in [0.1, 0.15) is 6.10 Å². The Morgan fingerprint density at radius 1 is 1.36 bits per heavy atom. The van der Waals surface area contributed by atoms with Crippen molar-refractivity contribution in [2.24, 2.45) is 5.92 Å². The molecular formula is C17H27ClN2O2. The molecule has 1 aromatic rings. The molecule has 1 saturated heterocycles. The fraction of sp³-hybridized carbons (Fsp3) is 0.588. The first-order chi connectivity index (χ1) is 10.1. The van der Waals surface area contributed by atoms with Crippen LogP contribution in [0.4, 0.5) is 0 Å². The molecule has 2 unspecified atom stereocenters. The molecule has 1 aliphatic rings. The van der Waals surface area contributed by atoms with E-state index in [0.29, 0.717) is 19.1 Å². The Morgan fingerprint density at radius 3 is 2.55 bits per heavy atom. The van der Waals surface area contributed by atoms with E-state index in [9.17, 15) is 4.79 Å². The van der Waals surface area contributed by atoms with Gasteiger partial charge in [-0.2, -0.15) is 0 Å². The highest BCUT2D eigenvalue weighted by Gasteiger charge is 2.26. The summed E-state index contributed by atoms with van der Waals surface area (Å²) in [5, 5.41) is 6.32. The van der Waals surface area contributed by atoms with Crippen molar-refractivity contribution in [3.8, 4) is 0 Å². The molecule has 5 heteroatoms. The lowest BCUT2D eigenvalue weighted by atomic mass is 9.94. The van der Waals surface area contributed by atoms with E-state index in [1.165, 1.54) is 5.56 Å². The molecule has 0 aliphatic carbocycles. The lowest BCUT2D eigenvalue weighted by Gasteiger charge is -2.28. The highest BCUT2D eigenvalue weighted by molar-refractivity contribution is 5.85.